The van der Waals surface area contributed by atoms with Crippen LogP contribution in [0.3, 0.4) is 0 Å². The van der Waals surface area contributed by atoms with E-state index in [9.17, 15) is 20.1 Å². The van der Waals surface area contributed by atoms with Crippen LogP contribution in [-0.4, -0.2) is 43.4 Å². The molecule has 17 heavy (non-hydrogen) atoms. The third-order valence-corrected chi connectivity index (χ3v) is 3.59. The maximum Gasteiger partial charge on any atom is 0.287 e. The lowest BCUT2D eigenvalue weighted by Crippen LogP contribution is -2.36. The normalized spacial score (nSPS) is 33.0. The van der Waals surface area contributed by atoms with Gasteiger partial charge < -0.3 is 15.3 Å². The number of hydrogen-bond acceptors (Lipinski definition) is 5. The zero-order chi connectivity index (χ0) is 12.7. The van der Waals surface area contributed by atoms with E-state index in [-0.39, 0.29) is 16.5 Å². The summed E-state index contributed by atoms with van der Waals surface area (Å²) in [5.41, 5.74) is -0.662. The molecular formula is C9H10Cl2N2O4. The second-order valence-electron chi connectivity index (χ2n) is 3.91. The Kier molecular flexibility index (Phi) is 3.42. The lowest BCUT2D eigenvalue weighted by Gasteiger charge is -2.17. The number of nitrogens with zero attached hydrogens (tertiary/aromatic N) is 2. The van der Waals surface area contributed by atoms with Gasteiger partial charge in [0, 0.05) is 6.42 Å². The van der Waals surface area contributed by atoms with Crippen molar-refractivity contribution in [3.05, 3.63) is 26.6 Å². The number of aliphatic hydroxyl groups is 3. The molecule has 4 atom stereocenters. The largest absolute Gasteiger partial charge is 0.390 e. The van der Waals surface area contributed by atoms with E-state index in [1.54, 1.807) is 0 Å². The third kappa shape index (κ3) is 2.07. The molecule has 0 spiro atoms. The first kappa shape index (κ1) is 12.8. The Balaban J connectivity index is 2.43. The average molecular weight is 281 g/mol. The number of hydrogen-bond donors (Lipinski definition) is 3. The van der Waals surface area contributed by atoms with Crippen molar-refractivity contribution in [3.63, 3.8) is 0 Å². The summed E-state index contributed by atoms with van der Waals surface area (Å²) in [6.07, 6.45) is -2.48. The van der Waals surface area contributed by atoms with E-state index in [2.05, 4.69) is 5.10 Å². The van der Waals surface area contributed by atoms with Gasteiger partial charge in [0.05, 0.1) is 23.4 Å². The van der Waals surface area contributed by atoms with E-state index in [0.717, 1.165) is 4.68 Å². The Morgan fingerprint density at radius 3 is 2.47 bits per heavy atom. The Morgan fingerprint density at radius 1 is 1.29 bits per heavy atom. The molecule has 1 aliphatic rings. The molecule has 1 aromatic rings. The number of aliphatic hydroxyl groups excluding tert-OH is 3. The van der Waals surface area contributed by atoms with Crippen LogP contribution in [0, 0.1) is 0 Å². The summed E-state index contributed by atoms with van der Waals surface area (Å²) in [4.78, 5) is 11.7. The fourth-order valence-electron chi connectivity index (χ4n) is 1.89. The maximum atomic E-state index is 11.7. The van der Waals surface area contributed by atoms with Crippen LogP contribution in [0.25, 0.3) is 0 Å². The highest BCUT2D eigenvalue weighted by molar-refractivity contribution is 6.41. The smallest absolute Gasteiger partial charge is 0.287 e. The third-order valence-electron chi connectivity index (χ3n) is 2.84. The molecule has 8 heteroatoms. The molecule has 94 valence electrons. The molecular weight excluding hydrogens is 271 g/mol. The topological polar surface area (TPSA) is 95.6 Å². The van der Waals surface area contributed by atoms with Gasteiger partial charge in [-0.25, -0.2) is 4.68 Å². The molecule has 1 fully saturated rings. The Labute approximate surface area is 106 Å². The molecule has 2 rings (SSSR count). The van der Waals surface area contributed by atoms with Gasteiger partial charge in [-0.05, 0) is 0 Å². The summed E-state index contributed by atoms with van der Waals surface area (Å²) < 4.78 is 0.929. The van der Waals surface area contributed by atoms with Crippen molar-refractivity contribution in [1.82, 2.24) is 9.78 Å². The highest BCUT2D eigenvalue weighted by Gasteiger charge is 2.42. The van der Waals surface area contributed by atoms with Crippen molar-refractivity contribution in [2.75, 3.05) is 0 Å². The Morgan fingerprint density at radius 2 is 1.94 bits per heavy atom. The van der Waals surface area contributed by atoms with Crippen LogP contribution in [0.5, 0.6) is 0 Å². The summed E-state index contributed by atoms with van der Waals surface area (Å²) in [6.45, 7) is 0. The first-order chi connectivity index (χ1) is 7.93. The van der Waals surface area contributed by atoms with Gasteiger partial charge in [-0.2, -0.15) is 5.10 Å². The molecule has 0 radical (unpaired) electrons. The van der Waals surface area contributed by atoms with E-state index >= 15 is 0 Å². The number of rotatable bonds is 1. The highest BCUT2D eigenvalue weighted by atomic mass is 35.5. The average Bonchev–Trinajstić information content (AvgIpc) is 2.54. The van der Waals surface area contributed by atoms with Crippen LogP contribution in [0.4, 0.5) is 0 Å². The number of aromatic nitrogens is 2. The molecule has 6 nitrogen and oxygen atoms in total. The first-order valence-corrected chi connectivity index (χ1v) is 5.66. The Bertz CT molecular complexity index is 492. The Hall–Kier alpha value is -0.660. The van der Waals surface area contributed by atoms with Crippen molar-refractivity contribution in [2.45, 2.75) is 30.8 Å². The lowest BCUT2D eigenvalue weighted by atomic mass is 10.2. The summed E-state index contributed by atoms with van der Waals surface area (Å²) in [5, 5.41) is 32.0. The maximum absolute atomic E-state index is 11.7. The monoisotopic (exact) mass is 280 g/mol. The molecule has 1 saturated carbocycles. The standard InChI is InChI=1S/C9H10Cl2N2O4/c10-3-2-12-13(9(17)6(3)11)4-1-5(14)8(16)7(4)15/h2,4-5,7-8,14-16H,1H2. The SMILES string of the molecule is O=c1c(Cl)c(Cl)cnn1C1CC(O)C(O)C1O. The first-order valence-electron chi connectivity index (χ1n) is 4.90. The van der Waals surface area contributed by atoms with E-state index in [4.69, 9.17) is 23.2 Å². The van der Waals surface area contributed by atoms with E-state index in [1.807, 2.05) is 0 Å². The fourth-order valence-corrected chi connectivity index (χ4v) is 2.15. The van der Waals surface area contributed by atoms with Crippen LogP contribution in [0.1, 0.15) is 12.5 Å². The van der Waals surface area contributed by atoms with Crippen LogP contribution >= 0.6 is 23.2 Å². The van der Waals surface area contributed by atoms with Crippen LogP contribution in [0.15, 0.2) is 11.0 Å². The van der Waals surface area contributed by atoms with Gasteiger partial charge in [0.2, 0.25) is 0 Å². The molecule has 0 saturated heterocycles. The van der Waals surface area contributed by atoms with Gasteiger partial charge in [0.25, 0.3) is 5.56 Å². The van der Waals surface area contributed by atoms with Crippen LogP contribution in [-0.2, 0) is 0 Å². The minimum atomic E-state index is -1.30. The molecule has 1 heterocycles. The van der Waals surface area contributed by atoms with E-state index in [0.29, 0.717) is 0 Å². The molecule has 4 unspecified atom stereocenters. The minimum absolute atomic E-state index is 0.0153. The van der Waals surface area contributed by atoms with Gasteiger partial charge in [0.1, 0.15) is 17.2 Å². The van der Waals surface area contributed by atoms with Crippen molar-refractivity contribution < 1.29 is 15.3 Å². The van der Waals surface area contributed by atoms with Gasteiger partial charge in [-0.1, -0.05) is 23.2 Å². The summed E-state index contributed by atoms with van der Waals surface area (Å²) in [6, 6.07) is -0.817. The molecule has 1 aliphatic carbocycles. The van der Waals surface area contributed by atoms with Crippen LogP contribution in [0.2, 0.25) is 10.0 Å². The van der Waals surface area contributed by atoms with Crippen LogP contribution < -0.4 is 5.56 Å². The highest BCUT2D eigenvalue weighted by Crippen LogP contribution is 2.30. The predicted octanol–water partition coefficient (Wildman–Crippen LogP) is -0.422. The van der Waals surface area contributed by atoms with Gasteiger partial charge in [-0.3, -0.25) is 4.79 Å². The van der Waals surface area contributed by atoms with Crippen molar-refractivity contribution >= 4 is 23.2 Å². The molecule has 0 aliphatic heterocycles. The fraction of sp³-hybridized carbons (Fsp3) is 0.556. The molecule has 0 amide bonds. The van der Waals surface area contributed by atoms with Gasteiger partial charge in [0.15, 0.2) is 0 Å². The molecule has 3 N–H and O–H groups in total. The summed E-state index contributed by atoms with van der Waals surface area (Å²) in [5.74, 6) is 0. The van der Waals surface area contributed by atoms with Crippen molar-refractivity contribution in [1.29, 1.82) is 0 Å². The molecule has 0 aromatic carbocycles. The second-order valence-corrected chi connectivity index (χ2v) is 4.69. The van der Waals surface area contributed by atoms with E-state index in [1.165, 1.54) is 6.20 Å². The van der Waals surface area contributed by atoms with Crippen molar-refractivity contribution in [2.24, 2.45) is 0 Å². The molecule has 1 aromatic heterocycles. The van der Waals surface area contributed by atoms with Gasteiger partial charge >= 0.3 is 0 Å². The number of halogens is 2. The minimum Gasteiger partial charge on any atom is -0.390 e. The zero-order valence-electron chi connectivity index (χ0n) is 8.49. The summed E-state index contributed by atoms with van der Waals surface area (Å²) in [7, 11) is 0. The van der Waals surface area contributed by atoms with E-state index < -0.39 is 29.9 Å². The van der Waals surface area contributed by atoms with Crippen molar-refractivity contribution in [3.8, 4) is 0 Å². The second kappa shape index (κ2) is 4.55. The quantitative estimate of drug-likeness (QED) is 0.649. The predicted molar refractivity (Wildman–Crippen MR) is 60.2 cm³/mol. The zero-order valence-corrected chi connectivity index (χ0v) is 10.0. The molecule has 0 bridgehead atoms. The lowest BCUT2D eigenvalue weighted by molar-refractivity contribution is -0.0257. The van der Waals surface area contributed by atoms with Gasteiger partial charge in [-0.15, -0.1) is 0 Å². The summed E-state index contributed by atoms with van der Waals surface area (Å²) >= 11 is 11.3.